The maximum atomic E-state index is 12.6. The van der Waals surface area contributed by atoms with E-state index in [-0.39, 0.29) is 17.3 Å². The lowest BCUT2D eigenvalue weighted by atomic mass is 10.0. The molecule has 0 saturated heterocycles. The number of allylic oxidation sites excluding steroid dienone is 1. The molecule has 0 atom stereocenters. The molecule has 3 rings (SSSR count). The Hall–Kier alpha value is -2.64. The van der Waals surface area contributed by atoms with Crippen molar-refractivity contribution in [3.63, 3.8) is 0 Å². The molecule has 7 heteroatoms. The third kappa shape index (κ3) is 3.49. The summed E-state index contributed by atoms with van der Waals surface area (Å²) >= 11 is 0. The smallest absolute Gasteiger partial charge is 0.256 e. The first-order valence-electron chi connectivity index (χ1n) is 8.07. The molecule has 0 radical (unpaired) electrons. The molecule has 2 aromatic carbocycles. The quantitative estimate of drug-likeness (QED) is 0.791. The largest absolute Gasteiger partial charge is 0.497 e. The summed E-state index contributed by atoms with van der Waals surface area (Å²) in [5.41, 5.74) is 3.41. The van der Waals surface area contributed by atoms with Crippen LogP contribution < -0.4 is 14.8 Å². The van der Waals surface area contributed by atoms with E-state index in [2.05, 4.69) is 10.0 Å². The molecule has 2 N–H and O–H groups in total. The summed E-state index contributed by atoms with van der Waals surface area (Å²) in [5, 5.41) is 2.75. The van der Waals surface area contributed by atoms with Gasteiger partial charge < -0.3 is 10.1 Å². The number of ether oxygens (including phenoxy) is 1. The average Bonchev–Trinajstić information content (AvgIpc) is 2.95. The molecule has 0 aliphatic carbocycles. The van der Waals surface area contributed by atoms with Crippen LogP contribution in [-0.2, 0) is 21.4 Å². The zero-order valence-corrected chi connectivity index (χ0v) is 15.6. The van der Waals surface area contributed by atoms with Crippen molar-refractivity contribution in [3.8, 4) is 5.75 Å². The van der Waals surface area contributed by atoms with Crippen molar-refractivity contribution < 1.29 is 17.9 Å². The number of rotatable bonds is 5. The monoisotopic (exact) mass is 372 g/mol. The lowest BCUT2D eigenvalue weighted by Gasteiger charge is -2.09. The van der Waals surface area contributed by atoms with Crippen LogP contribution in [0.25, 0.3) is 5.57 Å². The van der Waals surface area contributed by atoms with Crippen LogP contribution in [0.3, 0.4) is 0 Å². The summed E-state index contributed by atoms with van der Waals surface area (Å²) in [6, 6.07) is 11.8. The van der Waals surface area contributed by atoms with Gasteiger partial charge in [-0.25, -0.2) is 13.1 Å². The highest BCUT2D eigenvalue weighted by Gasteiger charge is 2.27. The van der Waals surface area contributed by atoms with Gasteiger partial charge in [0.15, 0.2) is 0 Å². The first kappa shape index (κ1) is 18.2. The Kier molecular flexibility index (Phi) is 4.84. The second kappa shape index (κ2) is 6.93. The van der Waals surface area contributed by atoms with E-state index in [1.165, 1.54) is 12.1 Å². The van der Waals surface area contributed by atoms with Gasteiger partial charge in [0, 0.05) is 23.4 Å². The average molecular weight is 372 g/mol. The molecule has 0 aromatic heterocycles. The highest BCUT2D eigenvalue weighted by molar-refractivity contribution is 7.89. The minimum Gasteiger partial charge on any atom is -0.497 e. The minimum absolute atomic E-state index is 0.125. The fraction of sp³-hybridized carbons (Fsp3) is 0.211. The van der Waals surface area contributed by atoms with E-state index in [4.69, 9.17) is 4.74 Å². The molecule has 26 heavy (non-hydrogen) atoms. The van der Waals surface area contributed by atoms with Crippen LogP contribution in [0, 0.1) is 0 Å². The standard InChI is InChI=1S/C19H20N2O4S/c1-12(2)18-16-10-15(8-9-17(16)21-19(18)22)26(23,24)20-11-13-4-6-14(25-3)7-5-13/h4-10,20H,11H2,1-3H3,(H,21,22). The highest BCUT2D eigenvalue weighted by Crippen LogP contribution is 2.35. The van der Waals surface area contributed by atoms with E-state index in [1.807, 2.05) is 13.8 Å². The van der Waals surface area contributed by atoms with Crippen molar-refractivity contribution in [2.24, 2.45) is 0 Å². The summed E-state index contributed by atoms with van der Waals surface area (Å²) < 4.78 is 32.9. The van der Waals surface area contributed by atoms with E-state index in [0.717, 1.165) is 11.1 Å². The maximum Gasteiger partial charge on any atom is 0.256 e. The van der Waals surface area contributed by atoms with Gasteiger partial charge in [0.25, 0.3) is 5.91 Å². The molecule has 0 fully saturated rings. The number of anilines is 1. The number of benzene rings is 2. The molecule has 0 spiro atoms. The van der Waals surface area contributed by atoms with Gasteiger partial charge in [-0.1, -0.05) is 17.7 Å². The van der Waals surface area contributed by atoms with Gasteiger partial charge in [-0.05, 0) is 49.7 Å². The highest BCUT2D eigenvalue weighted by atomic mass is 32.2. The van der Waals surface area contributed by atoms with E-state index >= 15 is 0 Å². The topological polar surface area (TPSA) is 84.5 Å². The Morgan fingerprint density at radius 2 is 1.81 bits per heavy atom. The molecule has 6 nitrogen and oxygen atoms in total. The number of methoxy groups -OCH3 is 1. The Morgan fingerprint density at radius 3 is 2.42 bits per heavy atom. The number of sulfonamides is 1. The number of carbonyl (C=O) groups is 1. The van der Waals surface area contributed by atoms with Gasteiger partial charge in [0.2, 0.25) is 10.0 Å². The van der Waals surface area contributed by atoms with Crippen molar-refractivity contribution in [3.05, 3.63) is 59.2 Å². The van der Waals surface area contributed by atoms with E-state index in [0.29, 0.717) is 22.6 Å². The number of carbonyl (C=O) groups excluding carboxylic acids is 1. The lowest BCUT2D eigenvalue weighted by Crippen LogP contribution is -2.23. The number of nitrogens with one attached hydrogen (secondary N) is 2. The molecule has 0 saturated carbocycles. The number of fused-ring (bicyclic) bond motifs is 1. The van der Waals surface area contributed by atoms with Crippen LogP contribution >= 0.6 is 0 Å². The Labute approximate surface area is 152 Å². The predicted molar refractivity (Wildman–Crippen MR) is 100 cm³/mol. The van der Waals surface area contributed by atoms with Crippen molar-refractivity contribution in [1.29, 1.82) is 0 Å². The molecule has 2 aromatic rings. The third-order valence-electron chi connectivity index (χ3n) is 4.17. The zero-order chi connectivity index (χ0) is 18.9. The molecule has 1 amide bonds. The van der Waals surface area contributed by atoms with Crippen LogP contribution in [0.15, 0.2) is 52.9 Å². The molecule has 0 unspecified atom stereocenters. The fourth-order valence-corrected chi connectivity index (χ4v) is 3.86. The van der Waals surface area contributed by atoms with Gasteiger partial charge in [0.1, 0.15) is 5.75 Å². The summed E-state index contributed by atoms with van der Waals surface area (Å²) in [6.45, 7) is 3.82. The van der Waals surface area contributed by atoms with Gasteiger partial charge in [-0.2, -0.15) is 0 Å². The molecular formula is C19H20N2O4S. The van der Waals surface area contributed by atoms with Crippen molar-refractivity contribution in [2.75, 3.05) is 12.4 Å². The van der Waals surface area contributed by atoms with Crippen molar-refractivity contribution in [2.45, 2.75) is 25.3 Å². The van der Waals surface area contributed by atoms with Crippen LogP contribution in [0.2, 0.25) is 0 Å². The predicted octanol–water partition coefficient (Wildman–Crippen LogP) is 2.92. The maximum absolute atomic E-state index is 12.6. The van der Waals surface area contributed by atoms with Gasteiger partial charge in [0.05, 0.1) is 12.0 Å². The molecular weight excluding hydrogens is 352 g/mol. The number of amides is 1. The van der Waals surface area contributed by atoms with E-state index in [1.54, 1.807) is 37.4 Å². The van der Waals surface area contributed by atoms with Crippen LogP contribution in [-0.4, -0.2) is 21.4 Å². The number of hydrogen-bond donors (Lipinski definition) is 2. The van der Waals surface area contributed by atoms with Crippen LogP contribution in [0.5, 0.6) is 5.75 Å². The molecule has 1 aliphatic rings. The molecule has 0 bridgehead atoms. The Balaban J connectivity index is 1.84. The normalized spacial score (nSPS) is 13.3. The van der Waals surface area contributed by atoms with Gasteiger partial charge in [-0.3, -0.25) is 4.79 Å². The zero-order valence-electron chi connectivity index (χ0n) is 14.8. The Bertz CT molecular complexity index is 989. The van der Waals surface area contributed by atoms with Gasteiger partial charge >= 0.3 is 0 Å². The van der Waals surface area contributed by atoms with Crippen molar-refractivity contribution in [1.82, 2.24) is 4.72 Å². The second-order valence-corrected chi connectivity index (χ2v) is 7.98. The fourth-order valence-electron chi connectivity index (χ4n) is 2.81. The first-order chi connectivity index (χ1) is 12.3. The summed E-state index contributed by atoms with van der Waals surface area (Å²) in [7, 11) is -2.13. The van der Waals surface area contributed by atoms with Crippen molar-refractivity contribution >= 4 is 27.2 Å². The first-order valence-corrected chi connectivity index (χ1v) is 9.56. The van der Waals surface area contributed by atoms with E-state index < -0.39 is 10.0 Å². The Morgan fingerprint density at radius 1 is 1.12 bits per heavy atom. The summed E-state index contributed by atoms with van der Waals surface area (Å²) in [6.07, 6.45) is 0. The van der Waals surface area contributed by atoms with Crippen LogP contribution in [0.4, 0.5) is 5.69 Å². The van der Waals surface area contributed by atoms with E-state index in [9.17, 15) is 13.2 Å². The third-order valence-corrected chi connectivity index (χ3v) is 5.57. The molecule has 1 aliphatic heterocycles. The number of hydrogen-bond acceptors (Lipinski definition) is 4. The summed E-state index contributed by atoms with van der Waals surface area (Å²) in [4.78, 5) is 12.2. The lowest BCUT2D eigenvalue weighted by molar-refractivity contribution is -0.110. The van der Waals surface area contributed by atoms with Crippen LogP contribution in [0.1, 0.15) is 25.0 Å². The SMILES string of the molecule is COc1ccc(CNS(=O)(=O)c2ccc3c(c2)C(=C(C)C)C(=O)N3)cc1. The molecule has 1 heterocycles. The second-order valence-electron chi connectivity index (χ2n) is 6.21. The minimum atomic E-state index is -3.71. The van der Waals surface area contributed by atoms with Gasteiger partial charge in [-0.15, -0.1) is 0 Å². The summed E-state index contributed by atoms with van der Waals surface area (Å²) in [5.74, 6) is 0.502. The molecule has 136 valence electrons.